The normalized spacial score (nSPS) is 16.8. The van der Waals surface area contributed by atoms with Gasteiger partial charge in [0.05, 0.1) is 5.69 Å². The first kappa shape index (κ1) is 12.6. The van der Waals surface area contributed by atoms with Gasteiger partial charge in [-0.3, -0.25) is 4.99 Å². The molecule has 0 amide bonds. The largest absolute Gasteiger partial charge is 0.402 e. The Morgan fingerprint density at radius 2 is 2.22 bits per heavy atom. The summed E-state index contributed by atoms with van der Waals surface area (Å²) in [7, 11) is 1.75. The second kappa shape index (κ2) is 5.21. The van der Waals surface area contributed by atoms with Gasteiger partial charge in [0.2, 0.25) is 0 Å². The van der Waals surface area contributed by atoms with Crippen molar-refractivity contribution in [2.45, 2.75) is 19.8 Å². The van der Waals surface area contributed by atoms with Crippen LogP contribution >= 0.6 is 0 Å². The van der Waals surface area contributed by atoms with Gasteiger partial charge in [-0.25, -0.2) is 4.39 Å². The number of hydrogen-bond acceptors (Lipinski definition) is 3. The Labute approximate surface area is 107 Å². The monoisotopic (exact) mass is 247 g/mol. The molecule has 1 aromatic rings. The summed E-state index contributed by atoms with van der Waals surface area (Å²) in [5, 5.41) is 2.88. The van der Waals surface area contributed by atoms with Gasteiger partial charge < -0.3 is 11.1 Å². The van der Waals surface area contributed by atoms with E-state index in [9.17, 15) is 4.39 Å². The zero-order chi connectivity index (χ0) is 13.1. The molecule has 18 heavy (non-hydrogen) atoms. The third-order valence-corrected chi connectivity index (χ3v) is 2.96. The number of nitrogens with zero attached hydrogens (tertiary/aromatic N) is 1. The molecule has 0 spiro atoms. The molecule has 0 bridgehead atoms. The minimum atomic E-state index is -0.334. The fourth-order valence-corrected chi connectivity index (χ4v) is 1.75. The first-order chi connectivity index (χ1) is 8.60. The number of nitrogens with two attached hydrogens (primary N) is 1. The lowest BCUT2D eigenvalue weighted by Gasteiger charge is -2.03. The van der Waals surface area contributed by atoms with Crippen LogP contribution in [0.4, 0.5) is 15.8 Å². The van der Waals surface area contributed by atoms with Crippen molar-refractivity contribution in [2.24, 2.45) is 16.6 Å². The van der Waals surface area contributed by atoms with Crippen LogP contribution in [0.5, 0.6) is 0 Å². The number of rotatable bonds is 4. The molecule has 3 N–H and O–H groups in total. The number of nitrogens with one attached hydrogen (secondary N) is 1. The van der Waals surface area contributed by atoms with Crippen LogP contribution in [0.25, 0.3) is 0 Å². The third kappa shape index (κ3) is 3.09. The van der Waals surface area contributed by atoms with E-state index in [0.717, 1.165) is 29.9 Å². The number of benzene rings is 1. The molecule has 0 aliphatic heterocycles. The summed E-state index contributed by atoms with van der Waals surface area (Å²) >= 11 is 0. The fourth-order valence-electron chi connectivity index (χ4n) is 1.75. The first-order valence-corrected chi connectivity index (χ1v) is 6.10. The van der Waals surface area contributed by atoms with Gasteiger partial charge in [0.1, 0.15) is 0 Å². The van der Waals surface area contributed by atoms with Gasteiger partial charge in [-0.05, 0) is 50.0 Å². The summed E-state index contributed by atoms with van der Waals surface area (Å²) in [6.45, 7) is 1.83. The predicted molar refractivity (Wildman–Crippen MR) is 73.7 cm³/mol. The van der Waals surface area contributed by atoms with Crippen molar-refractivity contribution in [2.75, 3.05) is 12.4 Å². The molecule has 0 unspecified atom stereocenters. The zero-order valence-corrected chi connectivity index (χ0v) is 10.7. The van der Waals surface area contributed by atoms with Crippen LogP contribution in [0, 0.1) is 11.7 Å². The number of hydrogen-bond donors (Lipinski definition) is 2. The molecule has 3 nitrogen and oxygen atoms in total. The summed E-state index contributed by atoms with van der Waals surface area (Å²) in [6.07, 6.45) is 4.14. The highest BCUT2D eigenvalue weighted by Crippen LogP contribution is 2.33. The highest BCUT2D eigenvalue weighted by molar-refractivity contribution is 5.95. The van der Waals surface area contributed by atoms with E-state index in [4.69, 9.17) is 5.73 Å². The van der Waals surface area contributed by atoms with Crippen molar-refractivity contribution in [3.05, 3.63) is 35.8 Å². The lowest BCUT2D eigenvalue weighted by molar-refractivity contribution is 0.630. The maximum atomic E-state index is 13.7. The second-order valence-corrected chi connectivity index (χ2v) is 4.59. The molecule has 0 radical (unpaired) electrons. The molecule has 0 saturated heterocycles. The van der Waals surface area contributed by atoms with E-state index in [0.29, 0.717) is 11.6 Å². The molecule has 0 heterocycles. The van der Waals surface area contributed by atoms with Gasteiger partial charge in [0, 0.05) is 24.1 Å². The van der Waals surface area contributed by atoms with Crippen molar-refractivity contribution in [1.82, 2.24) is 0 Å². The van der Waals surface area contributed by atoms with Gasteiger partial charge in [0.15, 0.2) is 5.82 Å². The molecular weight excluding hydrogens is 229 g/mol. The van der Waals surface area contributed by atoms with Crippen LogP contribution in [0.2, 0.25) is 0 Å². The molecule has 1 aromatic carbocycles. The molecule has 1 saturated carbocycles. The Kier molecular flexibility index (Phi) is 3.65. The highest BCUT2D eigenvalue weighted by Gasteiger charge is 2.23. The van der Waals surface area contributed by atoms with Crippen LogP contribution in [-0.4, -0.2) is 12.8 Å². The highest BCUT2D eigenvalue weighted by atomic mass is 19.1. The van der Waals surface area contributed by atoms with Gasteiger partial charge in [0.25, 0.3) is 0 Å². The molecule has 0 atom stereocenters. The quantitative estimate of drug-likeness (QED) is 0.803. The Morgan fingerprint density at radius 3 is 2.78 bits per heavy atom. The number of halogens is 1. The van der Waals surface area contributed by atoms with Crippen LogP contribution in [0.15, 0.2) is 35.0 Å². The van der Waals surface area contributed by atoms with E-state index in [1.807, 2.05) is 13.0 Å². The lowest BCUT2D eigenvalue weighted by atomic mass is 10.2. The number of anilines is 1. The van der Waals surface area contributed by atoms with Crippen molar-refractivity contribution >= 4 is 17.1 Å². The smallest absolute Gasteiger partial charge is 0.150 e. The summed E-state index contributed by atoms with van der Waals surface area (Å²) < 4.78 is 13.7. The minimum Gasteiger partial charge on any atom is -0.402 e. The Bertz CT molecular complexity index is 502. The van der Waals surface area contributed by atoms with E-state index in [2.05, 4.69) is 10.3 Å². The molecule has 0 aromatic heterocycles. The Balaban J connectivity index is 2.18. The lowest BCUT2D eigenvalue weighted by Crippen LogP contribution is -2.02. The van der Waals surface area contributed by atoms with Crippen LogP contribution in [-0.2, 0) is 0 Å². The average Bonchev–Trinajstić information content (AvgIpc) is 3.15. The average molecular weight is 247 g/mol. The van der Waals surface area contributed by atoms with Gasteiger partial charge in [-0.15, -0.1) is 0 Å². The second-order valence-electron chi connectivity index (χ2n) is 4.59. The number of aliphatic imine (C=N–C) groups is 1. The van der Waals surface area contributed by atoms with E-state index in [1.165, 1.54) is 6.07 Å². The minimum absolute atomic E-state index is 0.334. The van der Waals surface area contributed by atoms with Crippen LogP contribution in [0.3, 0.4) is 0 Å². The molecule has 96 valence electrons. The van der Waals surface area contributed by atoms with E-state index >= 15 is 0 Å². The molecule has 1 aliphatic carbocycles. The topological polar surface area (TPSA) is 50.4 Å². The van der Waals surface area contributed by atoms with Crippen molar-refractivity contribution in [3.8, 4) is 0 Å². The van der Waals surface area contributed by atoms with Crippen molar-refractivity contribution in [3.63, 3.8) is 0 Å². The summed E-state index contributed by atoms with van der Waals surface area (Å²) in [5.41, 5.74) is 8.55. The SMILES string of the molecule is CNc1ccc(N=C(C)C=C(N)C2CC2)c(F)c1. The standard InChI is InChI=1S/C14H18FN3/c1-9(7-13(16)10-3-4-10)18-14-6-5-11(17-2)8-12(14)15/h5-8,10,17H,3-4,16H2,1-2H3. The Morgan fingerprint density at radius 1 is 1.50 bits per heavy atom. The van der Waals surface area contributed by atoms with Crippen LogP contribution in [0.1, 0.15) is 19.8 Å². The first-order valence-electron chi connectivity index (χ1n) is 6.10. The number of allylic oxidation sites excluding steroid dienone is 2. The predicted octanol–water partition coefficient (Wildman–Crippen LogP) is 3.21. The van der Waals surface area contributed by atoms with Gasteiger partial charge in [-0.2, -0.15) is 0 Å². The molecule has 1 aliphatic rings. The van der Waals surface area contributed by atoms with E-state index in [-0.39, 0.29) is 5.82 Å². The van der Waals surface area contributed by atoms with Crippen LogP contribution < -0.4 is 11.1 Å². The summed E-state index contributed by atoms with van der Waals surface area (Å²) in [4.78, 5) is 4.24. The van der Waals surface area contributed by atoms with E-state index < -0.39 is 0 Å². The molecule has 1 fully saturated rings. The van der Waals surface area contributed by atoms with Crippen molar-refractivity contribution < 1.29 is 4.39 Å². The van der Waals surface area contributed by atoms with E-state index in [1.54, 1.807) is 19.2 Å². The molecule has 2 rings (SSSR count). The zero-order valence-electron chi connectivity index (χ0n) is 10.7. The Hall–Kier alpha value is -1.84. The summed E-state index contributed by atoms with van der Waals surface area (Å²) in [5.74, 6) is 0.172. The summed E-state index contributed by atoms with van der Waals surface area (Å²) in [6, 6.07) is 4.88. The van der Waals surface area contributed by atoms with Gasteiger partial charge >= 0.3 is 0 Å². The molecular formula is C14H18FN3. The van der Waals surface area contributed by atoms with Crippen molar-refractivity contribution in [1.29, 1.82) is 0 Å². The fraction of sp³-hybridized carbons (Fsp3) is 0.357. The maximum Gasteiger partial charge on any atom is 0.150 e. The maximum absolute atomic E-state index is 13.7. The molecule has 4 heteroatoms. The third-order valence-electron chi connectivity index (χ3n) is 2.96. The van der Waals surface area contributed by atoms with Gasteiger partial charge in [-0.1, -0.05) is 0 Å².